The Bertz CT molecular complexity index is 534. The summed E-state index contributed by atoms with van der Waals surface area (Å²) >= 11 is 0. The molecule has 0 bridgehead atoms. The maximum absolute atomic E-state index is 9.04. The first-order chi connectivity index (χ1) is 12.2. The summed E-state index contributed by atoms with van der Waals surface area (Å²) < 4.78 is 0. The summed E-state index contributed by atoms with van der Waals surface area (Å²) in [6.45, 7) is 7.38. The van der Waals surface area contributed by atoms with Gasteiger partial charge in [-0.1, -0.05) is 0 Å². The maximum atomic E-state index is 9.04. The summed E-state index contributed by atoms with van der Waals surface area (Å²) in [5, 5.41) is 9.04. The molecule has 140 valence electrons. The van der Waals surface area contributed by atoms with Crippen molar-refractivity contribution in [3.63, 3.8) is 0 Å². The molecule has 2 saturated heterocycles. The average molecular weight is 347 g/mol. The number of unbranched alkanes of at least 4 members (excludes halogenated alkanes) is 1. The van der Waals surface area contributed by atoms with Gasteiger partial charge in [0.15, 0.2) is 0 Å². The molecule has 0 unspecified atom stereocenters. The van der Waals surface area contributed by atoms with Crippen molar-refractivity contribution in [3.05, 3.63) is 23.8 Å². The van der Waals surface area contributed by atoms with Crippen molar-refractivity contribution in [2.75, 3.05) is 63.6 Å². The van der Waals surface area contributed by atoms with Gasteiger partial charge in [-0.05, 0) is 62.9 Å². The zero-order valence-electron chi connectivity index (χ0n) is 15.7. The predicted molar refractivity (Wildman–Crippen MR) is 105 cm³/mol. The van der Waals surface area contributed by atoms with Crippen molar-refractivity contribution in [2.24, 2.45) is 0 Å². The van der Waals surface area contributed by atoms with Gasteiger partial charge in [0.1, 0.15) is 0 Å². The van der Waals surface area contributed by atoms with Crippen LogP contribution < -0.4 is 10.6 Å². The molecule has 0 aromatic heterocycles. The number of hydrogen-bond acceptors (Lipinski definition) is 5. The van der Waals surface area contributed by atoms with E-state index in [9.17, 15) is 0 Å². The molecule has 1 aromatic carbocycles. The van der Waals surface area contributed by atoms with Gasteiger partial charge in [-0.25, -0.2) is 0 Å². The summed E-state index contributed by atoms with van der Waals surface area (Å²) in [6, 6.07) is 7.09. The van der Waals surface area contributed by atoms with Gasteiger partial charge in [-0.3, -0.25) is 4.90 Å². The van der Waals surface area contributed by atoms with Crippen LogP contribution in [0.3, 0.4) is 0 Å². The SMILES string of the molecule is CN1CCN(C2CCN(c3ccc(N)cc3CCCCO)CC2)CC1. The first-order valence-electron chi connectivity index (χ1n) is 9.84. The number of piperidine rings is 1. The second-order valence-corrected chi connectivity index (χ2v) is 7.63. The molecule has 25 heavy (non-hydrogen) atoms. The molecule has 1 aromatic rings. The molecule has 0 aliphatic carbocycles. The van der Waals surface area contributed by atoms with Crippen LogP contribution in [0.4, 0.5) is 11.4 Å². The van der Waals surface area contributed by atoms with Gasteiger partial charge in [-0.2, -0.15) is 0 Å². The zero-order valence-corrected chi connectivity index (χ0v) is 15.7. The van der Waals surface area contributed by atoms with Crippen LogP contribution in [-0.4, -0.2) is 73.9 Å². The van der Waals surface area contributed by atoms with Gasteiger partial charge in [0.25, 0.3) is 0 Å². The number of likely N-dealkylation sites (N-methyl/N-ethyl adjacent to an activating group) is 1. The summed E-state index contributed by atoms with van der Waals surface area (Å²) in [5.74, 6) is 0. The number of aliphatic hydroxyl groups is 1. The van der Waals surface area contributed by atoms with E-state index in [0.29, 0.717) is 0 Å². The quantitative estimate of drug-likeness (QED) is 0.608. The van der Waals surface area contributed by atoms with Crippen LogP contribution in [0.1, 0.15) is 31.2 Å². The number of nitrogens with two attached hydrogens (primary N) is 1. The number of nitrogens with zero attached hydrogens (tertiary/aromatic N) is 3. The molecule has 0 spiro atoms. The van der Waals surface area contributed by atoms with Crippen LogP contribution in [-0.2, 0) is 6.42 Å². The number of aliphatic hydroxyl groups excluding tert-OH is 1. The fourth-order valence-electron chi connectivity index (χ4n) is 4.20. The Balaban J connectivity index is 1.58. The molecule has 2 fully saturated rings. The van der Waals surface area contributed by atoms with Gasteiger partial charge in [0.05, 0.1) is 0 Å². The lowest BCUT2D eigenvalue weighted by Gasteiger charge is -2.43. The number of piperazine rings is 1. The van der Waals surface area contributed by atoms with E-state index < -0.39 is 0 Å². The zero-order chi connectivity index (χ0) is 17.6. The smallest absolute Gasteiger partial charge is 0.0431 e. The van der Waals surface area contributed by atoms with Crippen molar-refractivity contribution in [1.82, 2.24) is 9.80 Å². The Kier molecular flexibility index (Phi) is 6.57. The lowest BCUT2D eigenvalue weighted by molar-refractivity contribution is 0.0982. The second-order valence-electron chi connectivity index (χ2n) is 7.63. The summed E-state index contributed by atoms with van der Waals surface area (Å²) in [4.78, 5) is 7.67. The molecule has 0 saturated carbocycles. The highest BCUT2D eigenvalue weighted by Crippen LogP contribution is 2.29. The molecular formula is C20H34N4O. The van der Waals surface area contributed by atoms with Crippen LogP contribution in [0.15, 0.2) is 18.2 Å². The van der Waals surface area contributed by atoms with Crippen LogP contribution >= 0.6 is 0 Å². The largest absolute Gasteiger partial charge is 0.399 e. The summed E-state index contributed by atoms with van der Waals surface area (Å²) in [6.07, 6.45) is 5.39. The first-order valence-corrected chi connectivity index (χ1v) is 9.84. The third-order valence-electron chi connectivity index (χ3n) is 5.82. The standard InChI is InChI=1S/C20H34N4O/c1-22-11-13-23(14-12-22)19-7-9-24(10-8-19)20-6-5-18(21)16-17(20)4-2-3-15-25/h5-6,16,19,25H,2-4,7-15,21H2,1H3. The lowest BCUT2D eigenvalue weighted by Crippen LogP contribution is -2.52. The fourth-order valence-corrected chi connectivity index (χ4v) is 4.20. The molecule has 0 amide bonds. The lowest BCUT2D eigenvalue weighted by atomic mass is 9.99. The third kappa shape index (κ3) is 4.87. The molecule has 3 rings (SSSR count). The number of benzene rings is 1. The molecule has 2 aliphatic rings. The van der Waals surface area contributed by atoms with Crippen LogP contribution in [0, 0.1) is 0 Å². The minimum absolute atomic E-state index is 0.272. The van der Waals surface area contributed by atoms with Crippen molar-refractivity contribution in [3.8, 4) is 0 Å². The monoisotopic (exact) mass is 346 g/mol. The van der Waals surface area contributed by atoms with Crippen molar-refractivity contribution < 1.29 is 5.11 Å². The minimum Gasteiger partial charge on any atom is -0.399 e. The predicted octanol–water partition coefficient (Wildman–Crippen LogP) is 1.80. The Morgan fingerprint density at radius 3 is 2.44 bits per heavy atom. The molecule has 5 heteroatoms. The molecule has 2 aliphatic heterocycles. The van der Waals surface area contributed by atoms with Crippen LogP contribution in [0.25, 0.3) is 0 Å². The van der Waals surface area contributed by atoms with Crippen molar-refractivity contribution in [1.29, 1.82) is 0 Å². The highest BCUT2D eigenvalue weighted by atomic mass is 16.2. The molecule has 0 radical (unpaired) electrons. The van der Waals surface area contributed by atoms with E-state index in [4.69, 9.17) is 10.8 Å². The van der Waals surface area contributed by atoms with E-state index in [2.05, 4.69) is 33.9 Å². The Labute approximate surface area is 152 Å². The normalized spacial score (nSPS) is 21.0. The van der Waals surface area contributed by atoms with Gasteiger partial charge in [0, 0.05) is 63.3 Å². The van der Waals surface area contributed by atoms with Gasteiger partial charge < -0.3 is 20.6 Å². The van der Waals surface area contributed by atoms with E-state index in [1.54, 1.807) is 0 Å². The summed E-state index contributed by atoms with van der Waals surface area (Å²) in [5.41, 5.74) is 9.55. The van der Waals surface area contributed by atoms with Gasteiger partial charge in [-0.15, -0.1) is 0 Å². The molecule has 5 nitrogen and oxygen atoms in total. The van der Waals surface area contributed by atoms with Crippen molar-refractivity contribution in [2.45, 2.75) is 38.1 Å². The Morgan fingerprint density at radius 1 is 1.04 bits per heavy atom. The molecule has 0 atom stereocenters. The Hall–Kier alpha value is -1.30. The number of hydrogen-bond donors (Lipinski definition) is 2. The molecule has 3 N–H and O–H groups in total. The number of rotatable bonds is 6. The van der Waals surface area contributed by atoms with E-state index in [0.717, 1.165) is 44.1 Å². The number of aryl methyl sites for hydroxylation is 1. The Morgan fingerprint density at radius 2 is 1.76 bits per heavy atom. The van der Waals surface area contributed by atoms with E-state index in [1.807, 2.05) is 6.07 Å². The van der Waals surface area contributed by atoms with Crippen molar-refractivity contribution >= 4 is 11.4 Å². The first kappa shape index (κ1) is 18.5. The summed E-state index contributed by atoms with van der Waals surface area (Å²) in [7, 11) is 2.22. The fraction of sp³-hybridized carbons (Fsp3) is 0.700. The second kappa shape index (κ2) is 8.88. The van der Waals surface area contributed by atoms with E-state index in [1.165, 1.54) is 50.3 Å². The average Bonchev–Trinajstić information content (AvgIpc) is 2.63. The maximum Gasteiger partial charge on any atom is 0.0431 e. The highest BCUT2D eigenvalue weighted by Gasteiger charge is 2.27. The van der Waals surface area contributed by atoms with Crippen LogP contribution in [0.5, 0.6) is 0 Å². The van der Waals surface area contributed by atoms with E-state index in [-0.39, 0.29) is 6.61 Å². The molecular weight excluding hydrogens is 312 g/mol. The van der Waals surface area contributed by atoms with Crippen LogP contribution in [0.2, 0.25) is 0 Å². The number of anilines is 2. The number of nitrogen functional groups attached to an aromatic ring is 1. The van der Waals surface area contributed by atoms with E-state index >= 15 is 0 Å². The topological polar surface area (TPSA) is 56.0 Å². The minimum atomic E-state index is 0.272. The van der Waals surface area contributed by atoms with Gasteiger partial charge in [0.2, 0.25) is 0 Å². The van der Waals surface area contributed by atoms with Gasteiger partial charge >= 0.3 is 0 Å². The molecule has 2 heterocycles. The third-order valence-corrected chi connectivity index (χ3v) is 5.82. The highest BCUT2D eigenvalue weighted by molar-refractivity contribution is 5.60.